The lowest BCUT2D eigenvalue weighted by molar-refractivity contribution is 0.0734. The normalized spacial score (nSPS) is 15.6. The smallest absolute Gasteiger partial charge is 0.343 e. The van der Waals surface area contributed by atoms with E-state index < -0.39 is 0 Å². The van der Waals surface area contributed by atoms with Gasteiger partial charge in [0.2, 0.25) is 0 Å². The highest BCUT2D eigenvalue weighted by Crippen LogP contribution is 2.45. The maximum absolute atomic E-state index is 12.5. The number of nitrogens with zero attached hydrogens (tertiary/aromatic N) is 2. The van der Waals surface area contributed by atoms with Gasteiger partial charge in [0.1, 0.15) is 17.7 Å². The highest BCUT2D eigenvalue weighted by atomic mass is 16.5. The molecule has 0 N–H and O–H groups in total. The first kappa shape index (κ1) is 25.3. The van der Waals surface area contributed by atoms with E-state index in [0.29, 0.717) is 11.3 Å². The Hall–Kier alpha value is -4.35. The number of rotatable bonds is 7. The third kappa shape index (κ3) is 5.34. The molecule has 0 spiro atoms. The van der Waals surface area contributed by atoms with Gasteiger partial charge in [0, 0.05) is 23.0 Å². The molecule has 0 saturated carbocycles. The van der Waals surface area contributed by atoms with Gasteiger partial charge in [0.25, 0.3) is 0 Å². The lowest BCUT2D eigenvalue weighted by Gasteiger charge is -2.38. The van der Waals surface area contributed by atoms with Crippen molar-refractivity contribution >= 4 is 17.3 Å². The molecule has 38 heavy (non-hydrogen) atoms. The fourth-order valence-electron chi connectivity index (χ4n) is 4.65. The van der Waals surface area contributed by atoms with E-state index in [1.807, 2.05) is 86.6 Å². The molecule has 5 rings (SSSR count). The van der Waals surface area contributed by atoms with Crippen LogP contribution in [-0.2, 0) is 6.42 Å². The quantitative estimate of drug-likeness (QED) is 0.151. The maximum Gasteiger partial charge on any atom is 0.343 e. The van der Waals surface area contributed by atoms with E-state index in [-0.39, 0.29) is 18.1 Å². The zero-order valence-electron chi connectivity index (χ0n) is 22.0. The van der Waals surface area contributed by atoms with Gasteiger partial charge in [-0.05, 0) is 93.2 Å². The van der Waals surface area contributed by atoms with Crippen molar-refractivity contribution in [2.45, 2.75) is 25.5 Å². The zero-order valence-corrected chi connectivity index (χ0v) is 22.0. The summed E-state index contributed by atoms with van der Waals surface area (Å²) >= 11 is 0. The van der Waals surface area contributed by atoms with Gasteiger partial charge in [0.05, 0.1) is 5.56 Å². The van der Waals surface area contributed by atoms with Gasteiger partial charge < -0.3 is 14.4 Å². The molecule has 0 fully saturated rings. The Bertz CT molecular complexity index is 1410. The van der Waals surface area contributed by atoms with Gasteiger partial charge in [0.15, 0.2) is 0 Å². The Morgan fingerprint density at radius 1 is 0.868 bits per heavy atom. The summed E-state index contributed by atoms with van der Waals surface area (Å²) in [4.78, 5) is 16.7. The fraction of sp³-hybridized carbons (Fsp3) is 0.182. The van der Waals surface area contributed by atoms with E-state index in [0.717, 1.165) is 29.2 Å². The molecule has 2 atom stereocenters. The van der Waals surface area contributed by atoms with Crippen LogP contribution in [0.15, 0.2) is 115 Å². The Kier molecular flexibility index (Phi) is 7.29. The van der Waals surface area contributed by atoms with Crippen LogP contribution in [0.2, 0.25) is 0 Å². The van der Waals surface area contributed by atoms with Crippen molar-refractivity contribution in [2.75, 3.05) is 19.0 Å². The number of ether oxygens (including phenoxy) is 2. The predicted molar refractivity (Wildman–Crippen MR) is 152 cm³/mol. The number of para-hydroxylation sites is 1. The van der Waals surface area contributed by atoms with Gasteiger partial charge in [-0.3, -0.25) is 4.90 Å². The SMILES string of the molecule is C=C1C(c2ccc(OC(C)N(C)C)cc2)Cc2ccccc2N1c1ccc(OC(=O)c2ccccc2)cc1. The fourth-order valence-corrected chi connectivity index (χ4v) is 4.65. The van der Waals surface area contributed by atoms with E-state index in [1.54, 1.807) is 12.1 Å². The Balaban J connectivity index is 1.39. The lowest BCUT2D eigenvalue weighted by atomic mass is 9.84. The summed E-state index contributed by atoms with van der Waals surface area (Å²) in [5.41, 5.74) is 6.03. The number of hydrogen-bond acceptors (Lipinski definition) is 5. The third-order valence-corrected chi connectivity index (χ3v) is 6.98. The first-order valence-electron chi connectivity index (χ1n) is 12.8. The number of hydrogen-bond donors (Lipinski definition) is 0. The van der Waals surface area contributed by atoms with Gasteiger partial charge >= 0.3 is 5.97 Å². The standard InChI is InChI=1S/C33H32N2O3/c1-23-31(25-14-18-29(19-15-25)37-24(2)34(3)4)22-27-12-8-9-13-32(27)35(23)28-16-20-30(21-17-28)38-33(36)26-10-6-5-7-11-26/h5-21,24,31H,1,22H2,2-4H3. The number of esters is 1. The van der Waals surface area contributed by atoms with Crippen LogP contribution in [0.4, 0.5) is 11.4 Å². The Morgan fingerprint density at radius 3 is 2.18 bits per heavy atom. The number of fused-ring (bicyclic) bond motifs is 1. The average Bonchev–Trinajstić information content (AvgIpc) is 2.94. The summed E-state index contributed by atoms with van der Waals surface area (Å²) in [5.74, 6) is 1.08. The molecule has 5 nitrogen and oxygen atoms in total. The van der Waals surface area contributed by atoms with Crippen LogP contribution in [0.25, 0.3) is 0 Å². The third-order valence-electron chi connectivity index (χ3n) is 6.98. The second-order valence-corrected chi connectivity index (χ2v) is 9.71. The van der Waals surface area contributed by atoms with Crippen molar-refractivity contribution in [1.82, 2.24) is 4.90 Å². The molecule has 0 saturated heterocycles. The van der Waals surface area contributed by atoms with Gasteiger partial charge in [-0.2, -0.15) is 0 Å². The van der Waals surface area contributed by atoms with Crippen molar-refractivity contribution in [3.05, 3.63) is 132 Å². The minimum Gasteiger partial charge on any atom is -0.475 e. The van der Waals surface area contributed by atoms with Crippen LogP contribution in [0, 0.1) is 0 Å². The summed E-state index contributed by atoms with van der Waals surface area (Å²) in [6.45, 7) is 6.56. The molecule has 4 aromatic rings. The summed E-state index contributed by atoms with van der Waals surface area (Å²) in [6, 6.07) is 33.3. The zero-order chi connectivity index (χ0) is 26.6. The molecular weight excluding hydrogens is 472 g/mol. The second-order valence-electron chi connectivity index (χ2n) is 9.71. The minimum atomic E-state index is -0.376. The van der Waals surface area contributed by atoms with Crippen molar-refractivity contribution < 1.29 is 14.3 Å². The van der Waals surface area contributed by atoms with Crippen molar-refractivity contribution in [2.24, 2.45) is 0 Å². The Labute approximate surface area is 224 Å². The molecular formula is C33H32N2O3. The molecule has 4 aromatic carbocycles. The summed E-state index contributed by atoms with van der Waals surface area (Å²) in [6.07, 6.45) is 0.856. The average molecular weight is 505 g/mol. The van der Waals surface area contributed by atoms with Crippen LogP contribution in [0.3, 0.4) is 0 Å². The monoisotopic (exact) mass is 504 g/mol. The van der Waals surface area contributed by atoms with Crippen LogP contribution in [0.1, 0.15) is 34.3 Å². The number of carbonyl (C=O) groups is 1. The van der Waals surface area contributed by atoms with Crippen molar-refractivity contribution in [3.8, 4) is 11.5 Å². The highest BCUT2D eigenvalue weighted by Gasteiger charge is 2.30. The summed E-state index contributed by atoms with van der Waals surface area (Å²) in [7, 11) is 3.99. The van der Waals surface area contributed by atoms with E-state index in [2.05, 4.69) is 41.8 Å². The highest BCUT2D eigenvalue weighted by molar-refractivity contribution is 5.91. The number of benzene rings is 4. The summed E-state index contributed by atoms with van der Waals surface area (Å²) < 4.78 is 11.6. The molecule has 5 heteroatoms. The number of allylic oxidation sites excluding steroid dienone is 1. The molecule has 1 aliphatic heterocycles. The maximum atomic E-state index is 12.5. The number of carbonyl (C=O) groups excluding carboxylic acids is 1. The van der Waals surface area contributed by atoms with E-state index in [4.69, 9.17) is 9.47 Å². The van der Waals surface area contributed by atoms with Crippen molar-refractivity contribution in [1.29, 1.82) is 0 Å². The van der Waals surface area contributed by atoms with Gasteiger partial charge in [-0.15, -0.1) is 0 Å². The summed E-state index contributed by atoms with van der Waals surface area (Å²) in [5, 5.41) is 0. The topological polar surface area (TPSA) is 42.0 Å². The predicted octanol–water partition coefficient (Wildman–Crippen LogP) is 7.18. The van der Waals surface area contributed by atoms with Crippen LogP contribution in [-0.4, -0.2) is 31.2 Å². The van der Waals surface area contributed by atoms with Crippen LogP contribution >= 0.6 is 0 Å². The molecule has 1 aliphatic rings. The van der Waals surface area contributed by atoms with E-state index in [9.17, 15) is 4.79 Å². The van der Waals surface area contributed by atoms with E-state index in [1.165, 1.54) is 11.1 Å². The largest absolute Gasteiger partial charge is 0.475 e. The molecule has 1 heterocycles. The molecule has 0 radical (unpaired) electrons. The number of anilines is 2. The van der Waals surface area contributed by atoms with Crippen LogP contribution in [0.5, 0.6) is 11.5 Å². The van der Waals surface area contributed by atoms with Crippen molar-refractivity contribution in [3.63, 3.8) is 0 Å². The first-order chi connectivity index (χ1) is 18.4. The minimum absolute atomic E-state index is 0.0113. The second kappa shape index (κ2) is 11.0. The molecule has 0 amide bonds. The molecule has 0 bridgehead atoms. The van der Waals surface area contributed by atoms with Crippen LogP contribution < -0.4 is 14.4 Å². The molecule has 2 unspecified atom stereocenters. The molecule has 0 aliphatic carbocycles. The van der Waals surface area contributed by atoms with Gasteiger partial charge in [-0.25, -0.2) is 4.79 Å². The lowest BCUT2D eigenvalue weighted by Crippen LogP contribution is -2.30. The van der Waals surface area contributed by atoms with Gasteiger partial charge in [-0.1, -0.05) is 55.1 Å². The first-order valence-corrected chi connectivity index (χ1v) is 12.8. The van der Waals surface area contributed by atoms with E-state index >= 15 is 0 Å². The Morgan fingerprint density at radius 2 is 1.50 bits per heavy atom. The molecule has 192 valence electrons. The molecule has 0 aromatic heterocycles.